The maximum absolute atomic E-state index is 12.4. The van der Waals surface area contributed by atoms with Crippen molar-refractivity contribution in [2.24, 2.45) is 5.73 Å². The lowest BCUT2D eigenvalue weighted by Crippen LogP contribution is -2.16. The van der Waals surface area contributed by atoms with Gasteiger partial charge in [0, 0.05) is 5.56 Å². The molecule has 8 heteroatoms. The second kappa shape index (κ2) is 5.78. The lowest BCUT2D eigenvalue weighted by Gasteiger charge is -2.11. The number of carbonyl (C=O) groups is 1. The van der Waals surface area contributed by atoms with Crippen molar-refractivity contribution < 1.29 is 13.2 Å². The second-order valence-electron chi connectivity index (χ2n) is 4.47. The summed E-state index contributed by atoms with van der Waals surface area (Å²) in [6.07, 6.45) is 0. The summed E-state index contributed by atoms with van der Waals surface area (Å²) in [6.45, 7) is 3.46. The van der Waals surface area contributed by atoms with Crippen LogP contribution in [-0.4, -0.2) is 14.3 Å². The summed E-state index contributed by atoms with van der Waals surface area (Å²) in [4.78, 5) is 11.3. The highest BCUT2D eigenvalue weighted by atomic mass is 79.9. The van der Waals surface area contributed by atoms with Gasteiger partial charge in [-0.15, -0.1) is 11.3 Å². The number of hydrogen-bond acceptors (Lipinski definition) is 4. The molecule has 0 radical (unpaired) electrons. The molecule has 112 valence electrons. The van der Waals surface area contributed by atoms with Gasteiger partial charge < -0.3 is 5.73 Å². The average molecular weight is 389 g/mol. The average Bonchev–Trinajstić information content (AvgIpc) is 2.72. The van der Waals surface area contributed by atoms with Crippen LogP contribution in [0.5, 0.6) is 0 Å². The Morgan fingerprint density at radius 3 is 2.52 bits per heavy atom. The third-order valence-electron chi connectivity index (χ3n) is 2.94. The Morgan fingerprint density at radius 1 is 1.33 bits per heavy atom. The molecular formula is C13H13BrN2O3S2. The second-order valence-corrected chi connectivity index (χ2v) is 8.75. The monoisotopic (exact) mass is 388 g/mol. The van der Waals surface area contributed by atoms with Gasteiger partial charge in [0.1, 0.15) is 4.21 Å². The van der Waals surface area contributed by atoms with E-state index in [0.717, 1.165) is 20.7 Å². The van der Waals surface area contributed by atoms with Crippen molar-refractivity contribution in [3.05, 3.63) is 44.7 Å². The van der Waals surface area contributed by atoms with Crippen molar-refractivity contribution in [3.63, 3.8) is 0 Å². The van der Waals surface area contributed by atoms with Crippen LogP contribution < -0.4 is 10.5 Å². The number of hydrogen-bond donors (Lipinski definition) is 2. The summed E-state index contributed by atoms with van der Waals surface area (Å²) < 4.78 is 28.2. The molecule has 2 rings (SSSR count). The van der Waals surface area contributed by atoms with Gasteiger partial charge >= 0.3 is 0 Å². The van der Waals surface area contributed by atoms with Crippen LogP contribution in [0, 0.1) is 13.8 Å². The minimum absolute atomic E-state index is 0.204. The largest absolute Gasteiger partial charge is 0.366 e. The topological polar surface area (TPSA) is 89.3 Å². The van der Waals surface area contributed by atoms with Gasteiger partial charge in [-0.25, -0.2) is 8.42 Å². The first-order valence-electron chi connectivity index (χ1n) is 5.90. The van der Waals surface area contributed by atoms with Gasteiger partial charge in [0.15, 0.2) is 0 Å². The van der Waals surface area contributed by atoms with E-state index < -0.39 is 15.9 Å². The van der Waals surface area contributed by atoms with E-state index in [1.165, 1.54) is 0 Å². The van der Waals surface area contributed by atoms with Crippen LogP contribution in [0.4, 0.5) is 5.69 Å². The number of rotatable bonds is 4. The van der Waals surface area contributed by atoms with Gasteiger partial charge in [-0.1, -0.05) is 6.07 Å². The summed E-state index contributed by atoms with van der Waals surface area (Å²) in [5.74, 6) is -0.594. The summed E-state index contributed by atoms with van der Waals surface area (Å²) >= 11 is 4.44. The Hall–Kier alpha value is -1.38. The first-order chi connectivity index (χ1) is 9.72. The molecule has 0 saturated carbocycles. The van der Waals surface area contributed by atoms with E-state index in [1.807, 2.05) is 6.92 Å². The van der Waals surface area contributed by atoms with Crippen LogP contribution in [0.3, 0.4) is 0 Å². The van der Waals surface area contributed by atoms with Gasteiger partial charge in [0.05, 0.1) is 9.47 Å². The molecule has 1 aromatic carbocycles. The Bertz CT molecular complexity index is 793. The molecule has 1 aromatic heterocycles. The van der Waals surface area contributed by atoms with Crippen molar-refractivity contribution in [2.75, 3.05) is 4.72 Å². The third-order valence-corrected chi connectivity index (χ3v) is 6.92. The van der Waals surface area contributed by atoms with Crippen LogP contribution >= 0.6 is 27.3 Å². The number of amides is 1. The molecule has 1 amide bonds. The standard InChI is InChI=1S/C13H13BrN2O3S2/c1-7-6-11(20-12(7)14)21(18,19)16-10-5-3-4-9(8(10)2)13(15)17/h3-6,16H,1-2H3,(H2,15,17). The molecule has 2 aromatic rings. The lowest BCUT2D eigenvalue weighted by atomic mass is 10.1. The first-order valence-corrected chi connectivity index (χ1v) is 9.00. The minimum Gasteiger partial charge on any atom is -0.366 e. The summed E-state index contributed by atoms with van der Waals surface area (Å²) in [5.41, 5.74) is 7.24. The van der Waals surface area contributed by atoms with E-state index in [1.54, 1.807) is 31.2 Å². The number of thiophene rings is 1. The van der Waals surface area contributed by atoms with Gasteiger partial charge in [-0.2, -0.15) is 0 Å². The van der Waals surface area contributed by atoms with E-state index in [9.17, 15) is 13.2 Å². The van der Waals surface area contributed by atoms with Crippen molar-refractivity contribution in [2.45, 2.75) is 18.1 Å². The first kappa shape index (κ1) is 16.0. The number of carbonyl (C=O) groups excluding carboxylic acids is 1. The van der Waals surface area contributed by atoms with E-state index >= 15 is 0 Å². The van der Waals surface area contributed by atoms with E-state index in [-0.39, 0.29) is 4.21 Å². The highest BCUT2D eigenvalue weighted by molar-refractivity contribution is 9.11. The van der Waals surface area contributed by atoms with E-state index in [2.05, 4.69) is 20.7 Å². The van der Waals surface area contributed by atoms with Gasteiger partial charge in [0.2, 0.25) is 5.91 Å². The zero-order valence-electron chi connectivity index (χ0n) is 11.3. The molecule has 0 aliphatic heterocycles. The molecule has 0 aliphatic rings. The molecule has 3 N–H and O–H groups in total. The number of benzene rings is 1. The predicted octanol–water partition coefficient (Wildman–Crippen LogP) is 3.03. The number of nitrogens with two attached hydrogens (primary N) is 1. The normalized spacial score (nSPS) is 11.4. The molecule has 0 atom stereocenters. The zero-order chi connectivity index (χ0) is 15.8. The molecule has 21 heavy (non-hydrogen) atoms. The van der Waals surface area contributed by atoms with Crippen molar-refractivity contribution in [1.82, 2.24) is 0 Å². The van der Waals surface area contributed by atoms with Gasteiger partial charge in [0.25, 0.3) is 10.0 Å². The fraction of sp³-hybridized carbons (Fsp3) is 0.154. The molecule has 0 aliphatic carbocycles. The number of aryl methyl sites for hydroxylation is 1. The SMILES string of the molecule is Cc1cc(S(=O)(=O)Nc2cccc(C(N)=O)c2C)sc1Br. The Kier molecular flexibility index (Phi) is 4.40. The molecule has 1 heterocycles. The maximum Gasteiger partial charge on any atom is 0.271 e. The number of nitrogens with one attached hydrogen (secondary N) is 1. The van der Waals surface area contributed by atoms with Crippen molar-refractivity contribution >= 4 is 48.9 Å². The van der Waals surface area contributed by atoms with Crippen molar-refractivity contribution in [3.8, 4) is 0 Å². The number of sulfonamides is 1. The fourth-order valence-corrected chi connectivity index (χ4v) is 5.12. The summed E-state index contributed by atoms with van der Waals surface area (Å²) in [6, 6.07) is 6.32. The molecule has 0 spiro atoms. The lowest BCUT2D eigenvalue weighted by molar-refractivity contribution is 0.0999. The molecule has 0 saturated heterocycles. The smallest absolute Gasteiger partial charge is 0.271 e. The molecule has 5 nitrogen and oxygen atoms in total. The van der Waals surface area contributed by atoms with E-state index in [0.29, 0.717) is 16.8 Å². The predicted molar refractivity (Wildman–Crippen MR) is 87.3 cm³/mol. The van der Waals surface area contributed by atoms with Crippen LogP contribution in [0.25, 0.3) is 0 Å². The Labute approximate surface area is 135 Å². The number of anilines is 1. The zero-order valence-corrected chi connectivity index (χ0v) is 14.5. The van der Waals surface area contributed by atoms with Gasteiger partial charge in [-0.05, 0) is 59.1 Å². The van der Waals surface area contributed by atoms with Gasteiger partial charge in [-0.3, -0.25) is 9.52 Å². The van der Waals surface area contributed by atoms with Crippen LogP contribution in [0.15, 0.2) is 32.3 Å². The van der Waals surface area contributed by atoms with Crippen LogP contribution in [-0.2, 0) is 10.0 Å². The molecular weight excluding hydrogens is 376 g/mol. The Morgan fingerprint density at radius 2 is 2.00 bits per heavy atom. The molecule has 0 unspecified atom stereocenters. The maximum atomic E-state index is 12.4. The third kappa shape index (κ3) is 3.28. The number of halogens is 1. The molecule has 0 fully saturated rings. The highest BCUT2D eigenvalue weighted by Gasteiger charge is 2.20. The summed E-state index contributed by atoms with van der Waals surface area (Å²) in [7, 11) is -3.69. The quantitative estimate of drug-likeness (QED) is 0.843. The van der Waals surface area contributed by atoms with E-state index in [4.69, 9.17) is 5.73 Å². The summed E-state index contributed by atoms with van der Waals surface area (Å²) in [5, 5.41) is 0. The Balaban J connectivity index is 2.42. The number of primary amides is 1. The fourth-order valence-electron chi connectivity index (χ4n) is 1.77. The molecule has 0 bridgehead atoms. The van der Waals surface area contributed by atoms with Crippen LogP contribution in [0.2, 0.25) is 0 Å². The van der Waals surface area contributed by atoms with Crippen LogP contribution in [0.1, 0.15) is 21.5 Å². The highest BCUT2D eigenvalue weighted by Crippen LogP contribution is 2.32. The minimum atomic E-state index is -3.69. The van der Waals surface area contributed by atoms with Crippen molar-refractivity contribution in [1.29, 1.82) is 0 Å².